The van der Waals surface area contributed by atoms with Gasteiger partial charge in [-0.1, -0.05) is 13.8 Å². The van der Waals surface area contributed by atoms with Gasteiger partial charge < -0.3 is 4.74 Å². The van der Waals surface area contributed by atoms with Crippen LogP contribution in [0.25, 0.3) is 10.9 Å². The number of benzene rings is 1. The number of fused-ring (bicyclic) bond motifs is 1. The molecular formula is C16H22N2O3S. The molecule has 2 rings (SSSR count). The monoisotopic (exact) mass is 322 g/mol. The molecule has 0 atom stereocenters. The van der Waals surface area contributed by atoms with Crippen molar-refractivity contribution in [2.45, 2.75) is 32.1 Å². The predicted octanol–water partition coefficient (Wildman–Crippen LogP) is 2.96. The highest BCUT2D eigenvalue weighted by atomic mass is 32.2. The second-order valence-electron chi connectivity index (χ2n) is 5.47. The highest BCUT2D eigenvalue weighted by Gasteiger charge is 2.19. The Balaban J connectivity index is 2.41. The van der Waals surface area contributed by atoms with Crippen LogP contribution in [-0.4, -0.2) is 26.6 Å². The summed E-state index contributed by atoms with van der Waals surface area (Å²) in [6, 6.07) is 6.72. The minimum atomic E-state index is -3.56. The zero-order valence-electron chi connectivity index (χ0n) is 13.2. The minimum absolute atomic E-state index is 0.239. The van der Waals surface area contributed by atoms with Crippen molar-refractivity contribution < 1.29 is 13.2 Å². The van der Waals surface area contributed by atoms with Crippen LogP contribution in [0.1, 0.15) is 27.2 Å². The van der Waals surface area contributed by atoms with Gasteiger partial charge in [0.25, 0.3) is 0 Å². The first-order valence-corrected chi connectivity index (χ1v) is 8.94. The number of rotatable bonds is 7. The summed E-state index contributed by atoms with van der Waals surface area (Å²) < 4.78 is 33.2. The summed E-state index contributed by atoms with van der Waals surface area (Å²) in [5, 5.41) is 0.575. The van der Waals surface area contributed by atoms with Gasteiger partial charge in [-0.05, 0) is 43.5 Å². The first-order chi connectivity index (χ1) is 10.5. The van der Waals surface area contributed by atoms with E-state index in [0.717, 1.165) is 6.42 Å². The fourth-order valence-electron chi connectivity index (χ4n) is 2.19. The Hall–Kier alpha value is -1.66. The molecule has 1 aromatic carbocycles. The number of ether oxygens (including phenoxy) is 1. The molecule has 0 aliphatic heterocycles. The van der Waals surface area contributed by atoms with E-state index in [1.807, 2.05) is 6.92 Å². The van der Waals surface area contributed by atoms with Gasteiger partial charge in [0.15, 0.2) is 0 Å². The van der Waals surface area contributed by atoms with Crippen molar-refractivity contribution in [3.8, 4) is 5.75 Å². The van der Waals surface area contributed by atoms with E-state index in [-0.39, 0.29) is 4.90 Å². The van der Waals surface area contributed by atoms with Gasteiger partial charge >= 0.3 is 0 Å². The van der Waals surface area contributed by atoms with Crippen LogP contribution in [0.2, 0.25) is 0 Å². The van der Waals surface area contributed by atoms with Gasteiger partial charge in [-0.25, -0.2) is 13.1 Å². The molecule has 0 saturated heterocycles. The van der Waals surface area contributed by atoms with Crippen LogP contribution in [0.3, 0.4) is 0 Å². The molecule has 1 aromatic heterocycles. The third kappa shape index (κ3) is 3.75. The van der Waals surface area contributed by atoms with Crippen molar-refractivity contribution in [1.82, 2.24) is 9.71 Å². The van der Waals surface area contributed by atoms with Crippen LogP contribution >= 0.6 is 0 Å². The van der Waals surface area contributed by atoms with E-state index in [9.17, 15) is 8.42 Å². The highest BCUT2D eigenvalue weighted by molar-refractivity contribution is 7.89. The Morgan fingerprint density at radius 1 is 1.27 bits per heavy atom. The Labute approximate surface area is 131 Å². The average molecular weight is 322 g/mol. The summed E-state index contributed by atoms with van der Waals surface area (Å²) >= 11 is 0. The molecule has 1 N–H and O–H groups in total. The number of hydrogen-bond donors (Lipinski definition) is 1. The van der Waals surface area contributed by atoms with Crippen LogP contribution in [0.15, 0.2) is 35.4 Å². The van der Waals surface area contributed by atoms with Crippen molar-refractivity contribution in [2.24, 2.45) is 5.92 Å². The van der Waals surface area contributed by atoms with Crippen molar-refractivity contribution in [3.05, 3.63) is 30.5 Å². The maximum absolute atomic E-state index is 12.5. The first kappa shape index (κ1) is 16.7. The number of hydrogen-bond acceptors (Lipinski definition) is 4. The van der Waals surface area contributed by atoms with Crippen LogP contribution in [0, 0.1) is 5.92 Å². The van der Waals surface area contributed by atoms with Crippen LogP contribution < -0.4 is 9.46 Å². The van der Waals surface area contributed by atoms with Gasteiger partial charge in [0.2, 0.25) is 10.0 Å². The number of pyridine rings is 1. The van der Waals surface area contributed by atoms with E-state index in [4.69, 9.17) is 4.74 Å². The minimum Gasteiger partial charge on any atom is -0.492 e. The van der Waals surface area contributed by atoms with Gasteiger partial charge in [-0.2, -0.15) is 0 Å². The molecule has 0 spiro atoms. The molecule has 0 saturated carbocycles. The summed E-state index contributed by atoms with van der Waals surface area (Å²) in [5.41, 5.74) is 0.566. The van der Waals surface area contributed by atoms with Gasteiger partial charge in [-0.15, -0.1) is 0 Å². The number of nitrogens with zero attached hydrogens (tertiary/aromatic N) is 1. The van der Waals surface area contributed by atoms with E-state index < -0.39 is 10.0 Å². The fraction of sp³-hybridized carbons (Fsp3) is 0.438. The second-order valence-corrected chi connectivity index (χ2v) is 7.21. The van der Waals surface area contributed by atoms with Gasteiger partial charge in [0.05, 0.1) is 11.5 Å². The molecule has 1 heterocycles. The standard InChI is InChI=1S/C16H22N2O3S/c1-4-21-14-7-8-15(13-6-5-10-17-16(13)14)22(19,20)18-11-9-12(2)3/h5-8,10,12,18H,4,9,11H2,1-3H3. The largest absolute Gasteiger partial charge is 0.492 e. The first-order valence-electron chi connectivity index (χ1n) is 7.46. The lowest BCUT2D eigenvalue weighted by molar-refractivity contribution is 0.343. The molecule has 0 radical (unpaired) electrons. The van der Waals surface area contributed by atoms with E-state index in [1.54, 1.807) is 30.5 Å². The molecule has 22 heavy (non-hydrogen) atoms. The van der Waals surface area contributed by atoms with E-state index in [2.05, 4.69) is 23.6 Å². The van der Waals surface area contributed by atoms with E-state index >= 15 is 0 Å². The molecule has 0 bridgehead atoms. The zero-order valence-corrected chi connectivity index (χ0v) is 14.0. The summed E-state index contributed by atoms with van der Waals surface area (Å²) in [6.07, 6.45) is 2.43. The van der Waals surface area contributed by atoms with E-state index in [1.165, 1.54) is 0 Å². The van der Waals surface area contributed by atoms with Gasteiger partial charge in [-0.3, -0.25) is 4.98 Å². The summed E-state index contributed by atoms with van der Waals surface area (Å²) in [6.45, 7) is 6.93. The molecule has 0 amide bonds. The lowest BCUT2D eigenvalue weighted by atomic mass is 10.1. The second kappa shape index (κ2) is 7.07. The Morgan fingerprint density at radius 3 is 2.73 bits per heavy atom. The van der Waals surface area contributed by atoms with Crippen molar-refractivity contribution >= 4 is 20.9 Å². The van der Waals surface area contributed by atoms with Gasteiger partial charge in [0, 0.05) is 18.1 Å². The molecule has 0 unspecified atom stereocenters. The molecule has 2 aromatic rings. The molecule has 0 aliphatic carbocycles. The molecule has 0 fully saturated rings. The van der Waals surface area contributed by atoms with Crippen molar-refractivity contribution in [1.29, 1.82) is 0 Å². The zero-order chi connectivity index (χ0) is 16.2. The Kier molecular flexibility index (Phi) is 5.37. The van der Waals surface area contributed by atoms with Gasteiger partial charge in [0.1, 0.15) is 11.3 Å². The molecule has 0 aliphatic rings. The normalized spacial score (nSPS) is 12.0. The summed E-state index contributed by atoms with van der Waals surface area (Å²) in [5.74, 6) is 1.04. The lowest BCUT2D eigenvalue weighted by Gasteiger charge is -2.12. The predicted molar refractivity (Wildman–Crippen MR) is 87.6 cm³/mol. The molecule has 120 valence electrons. The number of sulfonamides is 1. The highest BCUT2D eigenvalue weighted by Crippen LogP contribution is 2.29. The Morgan fingerprint density at radius 2 is 2.05 bits per heavy atom. The number of nitrogens with one attached hydrogen (secondary N) is 1. The third-order valence-corrected chi connectivity index (χ3v) is 4.81. The SMILES string of the molecule is CCOc1ccc(S(=O)(=O)NCCC(C)C)c2cccnc12. The maximum atomic E-state index is 12.5. The molecular weight excluding hydrogens is 300 g/mol. The molecule has 6 heteroatoms. The summed E-state index contributed by atoms with van der Waals surface area (Å²) in [7, 11) is -3.56. The fourth-order valence-corrected chi connectivity index (χ4v) is 3.43. The smallest absolute Gasteiger partial charge is 0.241 e. The van der Waals surface area contributed by atoms with Crippen LogP contribution in [0.4, 0.5) is 0 Å². The quantitative estimate of drug-likeness (QED) is 0.851. The summed E-state index contributed by atoms with van der Waals surface area (Å²) in [4.78, 5) is 4.50. The van der Waals surface area contributed by atoms with Crippen LogP contribution in [-0.2, 0) is 10.0 Å². The Bertz CT molecular complexity index is 742. The van der Waals surface area contributed by atoms with Crippen molar-refractivity contribution in [3.63, 3.8) is 0 Å². The van der Waals surface area contributed by atoms with Crippen molar-refractivity contribution in [2.75, 3.05) is 13.2 Å². The maximum Gasteiger partial charge on any atom is 0.241 e. The van der Waals surface area contributed by atoms with Crippen LogP contribution in [0.5, 0.6) is 5.75 Å². The lowest BCUT2D eigenvalue weighted by Crippen LogP contribution is -2.25. The topological polar surface area (TPSA) is 68.3 Å². The van der Waals surface area contributed by atoms with E-state index in [0.29, 0.717) is 35.7 Å². The average Bonchev–Trinajstić information content (AvgIpc) is 2.47. The third-order valence-electron chi connectivity index (χ3n) is 3.30. The molecule has 5 nitrogen and oxygen atoms in total. The number of aromatic nitrogens is 1.